The van der Waals surface area contributed by atoms with Gasteiger partial charge in [-0.2, -0.15) is 0 Å². The van der Waals surface area contributed by atoms with Crippen molar-refractivity contribution in [1.29, 1.82) is 0 Å². The van der Waals surface area contributed by atoms with E-state index in [1.807, 2.05) is 0 Å². The van der Waals surface area contributed by atoms with E-state index < -0.39 is 0 Å². The van der Waals surface area contributed by atoms with E-state index in [1.165, 1.54) is 109 Å². The molecule has 0 spiro atoms. The van der Waals surface area contributed by atoms with Gasteiger partial charge in [-0.1, -0.05) is 269 Å². The summed E-state index contributed by atoms with van der Waals surface area (Å²) in [6.45, 7) is 21.1. The molecule has 21 rings (SSSR count). The number of rotatable bonds is 6. The summed E-state index contributed by atoms with van der Waals surface area (Å²) in [6, 6.07) is 115. The van der Waals surface area contributed by atoms with Crippen LogP contribution in [0.15, 0.2) is 312 Å². The van der Waals surface area contributed by atoms with Gasteiger partial charge in [0, 0.05) is 55.4 Å². The molecule has 0 saturated carbocycles. The molecule has 17 aromatic carbocycles. The Kier molecular flexibility index (Phi) is 13.6. The van der Waals surface area contributed by atoms with E-state index in [9.17, 15) is 0 Å². The van der Waals surface area contributed by atoms with E-state index in [4.69, 9.17) is 8.83 Å². The predicted octanol–water partition coefficient (Wildman–Crippen LogP) is 27.0. The van der Waals surface area contributed by atoms with E-state index in [2.05, 4.69) is 375 Å². The first-order chi connectivity index (χ1) is 51.9. The average molecular weight is 1370 g/mol. The SMILES string of the molecule is CC(C)(C)c1ccc(N2c3cc(-c4ccc5oc6ccccc6c5c4)ccc3B3c4ccc(-c5ccc6oc7ccccc7c6c5)cc4N(c4ccc(C(C)(C)C)cc4-c4ccc5c6ccccc6c6ccccc6c5c4)c4cc(C(C)(C)C)cc2c43)c(-c2ccc3c4ccccc4c4ccccc4c3c2)c1. The van der Waals surface area contributed by atoms with Gasteiger partial charge in [-0.05, 0) is 244 Å². The molecule has 4 nitrogen and oxygen atoms in total. The van der Waals surface area contributed by atoms with Crippen LogP contribution < -0.4 is 26.2 Å². The Balaban J connectivity index is 0.875. The monoisotopic (exact) mass is 1370 g/mol. The molecule has 0 fully saturated rings. The molecule has 0 saturated heterocycles. The minimum Gasteiger partial charge on any atom is -0.456 e. The first-order valence-corrected chi connectivity index (χ1v) is 37.8. The van der Waals surface area contributed by atoms with Crippen molar-refractivity contribution in [3.05, 3.63) is 320 Å². The van der Waals surface area contributed by atoms with E-state index >= 15 is 0 Å². The minimum atomic E-state index is -0.309. The standard InChI is InChI=1S/C102H77BN2O2/c1-100(2,3)66-40-46-89(81(56-66)64-34-42-77-73-26-12-10-22-69(73)71-24-14-16-28-75(71)83(77)52-64)104-91-54-62(60-38-48-97-85(50-60)79-30-18-20-32-95(79)106-97)36-44-87(91)103-88-45-37-63(61-39-49-98-86(51-61)80-31-19-21-33-96(80)107-98)55-92(88)105(94-59-68(102(7,8)9)58-93(104)99(94)103)90-47-41-67(101(4,5)6)57-82(90)65-35-43-78-74-27-13-11-23-70(74)72-25-15-17-29-76(72)84(78)53-65/h10-59H,1-9H3. The van der Waals surface area contributed by atoms with Crippen LogP contribution in [-0.4, -0.2) is 6.71 Å². The second-order valence-electron chi connectivity index (χ2n) is 33.1. The molecule has 5 heteroatoms. The summed E-state index contributed by atoms with van der Waals surface area (Å²) in [5.41, 5.74) is 26.4. The lowest BCUT2D eigenvalue weighted by molar-refractivity contribution is 0.590. The second-order valence-corrected chi connectivity index (χ2v) is 33.1. The summed E-state index contributed by atoms with van der Waals surface area (Å²) >= 11 is 0. The highest BCUT2D eigenvalue weighted by Crippen LogP contribution is 2.53. The number of nitrogens with zero attached hydrogens (tertiary/aromatic N) is 2. The first-order valence-electron chi connectivity index (χ1n) is 37.8. The minimum absolute atomic E-state index is 0.167. The Morgan fingerprint density at radius 1 is 0.215 bits per heavy atom. The van der Waals surface area contributed by atoms with Gasteiger partial charge >= 0.3 is 0 Å². The van der Waals surface area contributed by atoms with Gasteiger partial charge < -0.3 is 18.6 Å². The summed E-state index contributed by atoms with van der Waals surface area (Å²) in [5, 5.41) is 19.5. The molecule has 0 bridgehead atoms. The smallest absolute Gasteiger partial charge is 0.252 e. The molecule has 19 aromatic rings. The molecule has 2 aliphatic heterocycles. The fourth-order valence-electron chi connectivity index (χ4n) is 18.1. The molecule has 0 unspecified atom stereocenters. The highest BCUT2D eigenvalue weighted by molar-refractivity contribution is 7.00. The molecule has 0 aliphatic carbocycles. The topological polar surface area (TPSA) is 32.8 Å². The van der Waals surface area contributed by atoms with Crippen LogP contribution in [0, 0.1) is 0 Å². The van der Waals surface area contributed by atoms with Crippen molar-refractivity contribution in [3.63, 3.8) is 0 Å². The second kappa shape index (κ2) is 23.0. The summed E-state index contributed by atoms with van der Waals surface area (Å²) < 4.78 is 13.0. The molecule has 510 valence electrons. The quantitative estimate of drug-likeness (QED) is 0.123. The molecular formula is C102H77BN2O2. The number of fused-ring (bicyclic) bond motifs is 22. The van der Waals surface area contributed by atoms with Crippen LogP contribution in [0.4, 0.5) is 34.1 Å². The molecular weight excluding hydrogens is 1300 g/mol. The lowest BCUT2D eigenvalue weighted by Crippen LogP contribution is -2.61. The zero-order valence-corrected chi connectivity index (χ0v) is 61.7. The highest BCUT2D eigenvalue weighted by atomic mass is 16.3. The largest absolute Gasteiger partial charge is 0.456 e. The van der Waals surface area contributed by atoms with Crippen LogP contribution in [0.5, 0.6) is 0 Å². The van der Waals surface area contributed by atoms with Gasteiger partial charge in [0.1, 0.15) is 22.3 Å². The number of benzene rings is 17. The Morgan fingerprint density at radius 3 is 0.888 bits per heavy atom. The normalized spacial score (nSPS) is 13.2. The van der Waals surface area contributed by atoms with Crippen molar-refractivity contribution in [2.24, 2.45) is 0 Å². The number of hydrogen-bond acceptors (Lipinski definition) is 4. The third kappa shape index (κ3) is 9.76. The molecule has 107 heavy (non-hydrogen) atoms. The zero-order valence-electron chi connectivity index (χ0n) is 61.7. The fraction of sp³-hybridized carbons (Fsp3) is 0.118. The van der Waals surface area contributed by atoms with Crippen LogP contribution in [0.2, 0.25) is 0 Å². The molecule has 4 heterocycles. The summed E-state index contributed by atoms with van der Waals surface area (Å²) in [5.74, 6) is 0. The van der Waals surface area contributed by atoms with E-state index in [0.29, 0.717) is 0 Å². The van der Waals surface area contributed by atoms with Crippen LogP contribution >= 0.6 is 0 Å². The highest BCUT2D eigenvalue weighted by Gasteiger charge is 2.46. The van der Waals surface area contributed by atoms with E-state index in [1.54, 1.807) is 0 Å². The molecule has 0 amide bonds. The van der Waals surface area contributed by atoms with Gasteiger partial charge in [-0.3, -0.25) is 0 Å². The maximum Gasteiger partial charge on any atom is 0.252 e. The lowest BCUT2D eigenvalue weighted by atomic mass is 9.33. The van der Waals surface area contributed by atoms with Gasteiger partial charge in [-0.25, -0.2) is 0 Å². The predicted molar refractivity (Wildman–Crippen MR) is 458 cm³/mol. The molecule has 2 aromatic heterocycles. The summed E-state index contributed by atoms with van der Waals surface area (Å²) in [6.07, 6.45) is 0. The Hall–Kier alpha value is -12.4. The Labute approximate surface area is 623 Å². The average Bonchev–Trinajstić information content (AvgIpc) is 1.08. The maximum absolute atomic E-state index is 6.52. The van der Waals surface area contributed by atoms with Gasteiger partial charge in [0.25, 0.3) is 6.71 Å². The number of hydrogen-bond donors (Lipinski definition) is 0. The van der Waals surface area contributed by atoms with Crippen molar-refractivity contribution < 1.29 is 8.83 Å². The molecule has 0 atom stereocenters. The Morgan fingerprint density at radius 2 is 0.514 bits per heavy atom. The fourth-order valence-corrected chi connectivity index (χ4v) is 18.1. The lowest BCUT2D eigenvalue weighted by Gasteiger charge is -2.46. The number of para-hydroxylation sites is 2. The summed E-state index contributed by atoms with van der Waals surface area (Å²) in [7, 11) is 0. The van der Waals surface area contributed by atoms with Gasteiger partial charge in [0.15, 0.2) is 0 Å². The summed E-state index contributed by atoms with van der Waals surface area (Å²) in [4.78, 5) is 5.37. The van der Waals surface area contributed by atoms with Crippen molar-refractivity contribution in [3.8, 4) is 44.5 Å². The number of furan rings is 2. The van der Waals surface area contributed by atoms with E-state index in [-0.39, 0.29) is 23.0 Å². The maximum atomic E-state index is 6.52. The van der Waals surface area contributed by atoms with Crippen molar-refractivity contribution in [2.45, 2.75) is 78.6 Å². The molecule has 2 aliphatic rings. The third-order valence-electron chi connectivity index (χ3n) is 23.7. The number of anilines is 6. The van der Waals surface area contributed by atoms with Gasteiger partial charge in [0.05, 0.1) is 11.4 Å². The van der Waals surface area contributed by atoms with Crippen LogP contribution in [0.1, 0.15) is 79.0 Å². The van der Waals surface area contributed by atoms with Gasteiger partial charge in [0.2, 0.25) is 0 Å². The van der Waals surface area contributed by atoms with Gasteiger partial charge in [-0.15, -0.1) is 0 Å². The Bertz CT molecular complexity index is 6560. The van der Waals surface area contributed by atoms with Crippen molar-refractivity contribution in [2.75, 3.05) is 9.80 Å². The van der Waals surface area contributed by atoms with E-state index in [0.717, 1.165) is 111 Å². The van der Waals surface area contributed by atoms with Crippen LogP contribution in [-0.2, 0) is 16.2 Å². The van der Waals surface area contributed by atoms with Crippen LogP contribution in [0.25, 0.3) is 153 Å². The molecule has 0 N–H and O–H groups in total. The first kappa shape index (κ1) is 63.1. The van der Waals surface area contributed by atoms with Crippen molar-refractivity contribution >= 4 is 166 Å². The molecule has 0 radical (unpaired) electrons. The van der Waals surface area contributed by atoms with Crippen molar-refractivity contribution in [1.82, 2.24) is 0 Å². The third-order valence-corrected chi connectivity index (χ3v) is 23.7. The van der Waals surface area contributed by atoms with Crippen LogP contribution in [0.3, 0.4) is 0 Å². The zero-order chi connectivity index (χ0) is 72.1.